The number of nitrogens with zero attached hydrogens (tertiary/aromatic N) is 2. The molecule has 0 saturated carbocycles. The highest BCUT2D eigenvalue weighted by Gasteiger charge is 2.27. The van der Waals surface area contributed by atoms with Crippen LogP contribution in [-0.4, -0.2) is 40.3 Å². The molecule has 0 saturated heterocycles. The Morgan fingerprint density at radius 2 is 1.74 bits per heavy atom. The Balaban J connectivity index is 1.81. The van der Waals surface area contributed by atoms with E-state index in [9.17, 15) is 13.2 Å². The maximum Gasteiger partial charge on any atom is 0.264 e. The number of aryl methyl sites for hydroxylation is 2. The van der Waals surface area contributed by atoms with Crippen molar-refractivity contribution in [2.24, 2.45) is 5.10 Å². The molecule has 202 valence electrons. The van der Waals surface area contributed by atoms with E-state index in [4.69, 9.17) is 21.1 Å². The first-order valence-electron chi connectivity index (χ1n) is 12.2. The zero-order valence-electron chi connectivity index (χ0n) is 21.9. The molecule has 38 heavy (non-hydrogen) atoms. The SMILES string of the molecule is CCCOc1ccc(/C=N\NC(=O)CN(c2ccc(C)c(Cl)c2)S(=O)(=O)c2ccc(C)cc2)cc1OCC. The fraction of sp³-hybridized carbons (Fsp3) is 0.286. The maximum atomic E-state index is 13.5. The van der Waals surface area contributed by atoms with Gasteiger partial charge in [-0.15, -0.1) is 0 Å². The van der Waals surface area contributed by atoms with Crippen LogP contribution in [0.25, 0.3) is 0 Å². The van der Waals surface area contributed by atoms with E-state index < -0.39 is 22.5 Å². The normalized spacial score (nSPS) is 11.4. The second-order valence-electron chi connectivity index (χ2n) is 8.54. The van der Waals surface area contributed by atoms with Crippen molar-refractivity contribution in [2.45, 2.75) is 39.0 Å². The molecule has 0 aliphatic heterocycles. The van der Waals surface area contributed by atoms with E-state index >= 15 is 0 Å². The van der Waals surface area contributed by atoms with Gasteiger partial charge in [-0.1, -0.05) is 42.3 Å². The number of carbonyl (C=O) groups is 1. The summed E-state index contributed by atoms with van der Waals surface area (Å²) in [5, 5.41) is 4.40. The van der Waals surface area contributed by atoms with Gasteiger partial charge in [-0.25, -0.2) is 13.8 Å². The lowest BCUT2D eigenvalue weighted by Crippen LogP contribution is -2.39. The summed E-state index contributed by atoms with van der Waals surface area (Å²) in [7, 11) is -4.07. The van der Waals surface area contributed by atoms with Gasteiger partial charge in [-0.2, -0.15) is 5.10 Å². The van der Waals surface area contributed by atoms with Crippen molar-refractivity contribution in [3.05, 3.63) is 82.4 Å². The van der Waals surface area contributed by atoms with Crippen LogP contribution in [0.5, 0.6) is 11.5 Å². The Hall–Kier alpha value is -3.56. The summed E-state index contributed by atoms with van der Waals surface area (Å²) in [5.41, 5.74) is 5.05. The molecule has 0 spiro atoms. The standard InChI is InChI=1S/C28H32ClN3O5S/c1-5-15-37-26-14-10-22(16-27(26)36-6-2)18-30-31-28(33)19-32(23-11-9-21(4)25(29)17-23)38(34,35)24-12-7-20(3)8-13-24/h7-14,16-18H,5-6,15,19H2,1-4H3,(H,31,33)/b30-18-. The zero-order valence-corrected chi connectivity index (χ0v) is 23.5. The number of benzene rings is 3. The van der Waals surface area contributed by atoms with Crippen LogP contribution in [0.1, 0.15) is 37.0 Å². The predicted octanol–water partition coefficient (Wildman–Crippen LogP) is 5.49. The molecule has 3 aromatic carbocycles. The van der Waals surface area contributed by atoms with Crippen molar-refractivity contribution in [1.29, 1.82) is 0 Å². The quantitative estimate of drug-likeness (QED) is 0.234. The van der Waals surface area contributed by atoms with Gasteiger partial charge < -0.3 is 9.47 Å². The minimum Gasteiger partial charge on any atom is -0.490 e. The van der Waals surface area contributed by atoms with E-state index in [1.54, 1.807) is 42.5 Å². The average Bonchev–Trinajstić information content (AvgIpc) is 2.89. The number of nitrogens with one attached hydrogen (secondary N) is 1. The van der Waals surface area contributed by atoms with Gasteiger partial charge in [-0.05, 0) is 80.8 Å². The second-order valence-corrected chi connectivity index (χ2v) is 10.8. The first-order chi connectivity index (χ1) is 18.1. The number of ether oxygens (including phenoxy) is 2. The highest BCUT2D eigenvalue weighted by atomic mass is 35.5. The van der Waals surface area contributed by atoms with E-state index in [0.717, 1.165) is 21.9 Å². The van der Waals surface area contributed by atoms with Gasteiger partial charge in [0.1, 0.15) is 6.54 Å². The minimum absolute atomic E-state index is 0.0601. The number of hydrazone groups is 1. The lowest BCUT2D eigenvalue weighted by molar-refractivity contribution is -0.119. The van der Waals surface area contributed by atoms with Crippen LogP contribution in [0.2, 0.25) is 5.02 Å². The third-order valence-electron chi connectivity index (χ3n) is 5.47. The monoisotopic (exact) mass is 557 g/mol. The number of sulfonamides is 1. The van der Waals surface area contributed by atoms with Crippen molar-refractivity contribution >= 4 is 39.4 Å². The van der Waals surface area contributed by atoms with Crippen LogP contribution in [-0.2, 0) is 14.8 Å². The number of hydrogen-bond acceptors (Lipinski definition) is 6. The van der Waals surface area contributed by atoms with Gasteiger partial charge in [0.15, 0.2) is 11.5 Å². The maximum absolute atomic E-state index is 13.5. The van der Waals surface area contributed by atoms with Crippen LogP contribution in [0.4, 0.5) is 5.69 Å². The molecule has 0 aliphatic carbocycles. The Kier molecular flexibility index (Phi) is 10.2. The van der Waals surface area contributed by atoms with Crippen LogP contribution < -0.4 is 19.2 Å². The molecule has 1 N–H and O–H groups in total. The molecule has 0 aromatic heterocycles. The van der Waals surface area contributed by atoms with Gasteiger partial charge in [-0.3, -0.25) is 9.10 Å². The summed E-state index contributed by atoms with van der Waals surface area (Å²) >= 11 is 6.27. The number of carbonyl (C=O) groups excluding carboxylic acids is 1. The summed E-state index contributed by atoms with van der Waals surface area (Å²) < 4.78 is 39.4. The molecule has 3 aromatic rings. The Morgan fingerprint density at radius 3 is 2.39 bits per heavy atom. The summed E-state index contributed by atoms with van der Waals surface area (Å²) in [5.74, 6) is 0.577. The lowest BCUT2D eigenvalue weighted by Gasteiger charge is -2.24. The Bertz CT molecular complexity index is 1390. The van der Waals surface area contributed by atoms with Crippen LogP contribution >= 0.6 is 11.6 Å². The average molecular weight is 558 g/mol. The van der Waals surface area contributed by atoms with Crippen molar-refractivity contribution in [2.75, 3.05) is 24.1 Å². The van der Waals surface area contributed by atoms with Crippen molar-refractivity contribution < 1.29 is 22.7 Å². The number of rotatable bonds is 12. The fourth-order valence-corrected chi connectivity index (χ4v) is 5.03. The largest absolute Gasteiger partial charge is 0.490 e. The summed E-state index contributed by atoms with van der Waals surface area (Å²) in [6.07, 6.45) is 2.32. The third kappa shape index (κ3) is 7.49. The van der Waals surface area contributed by atoms with E-state index in [-0.39, 0.29) is 10.6 Å². The molecule has 8 nitrogen and oxygen atoms in total. The molecule has 0 fully saturated rings. The van der Waals surface area contributed by atoms with Gasteiger partial charge in [0.05, 0.1) is 30.0 Å². The molecule has 3 rings (SSSR count). The van der Waals surface area contributed by atoms with Crippen molar-refractivity contribution in [3.8, 4) is 11.5 Å². The summed E-state index contributed by atoms with van der Waals surface area (Å²) in [6, 6.07) is 16.6. The number of hydrogen-bond donors (Lipinski definition) is 1. The van der Waals surface area contributed by atoms with Crippen LogP contribution in [0.15, 0.2) is 70.7 Å². The Morgan fingerprint density at radius 1 is 1.00 bits per heavy atom. The van der Waals surface area contributed by atoms with Gasteiger partial charge in [0, 0.05) is 5.02 Å². The summed E-state index contributed by atoms with van der Waals surface area (Å²) in [4.78, 5) is 12.9. The molecule has 1 amide bonds. The number of halogens is 1. The van der Waals surface area contributed by atoms with Gasteiger partial charge in [0.2, 0.25) is 0 Å². The summed E-state index contributed by atoms with van der Waals surface area (Å²) in [6.45, 7) is 8.11. The van der Waals surface area contributed by atoms with Gasteiger partial charge >= 0.3 is 0 Å². The van der Waals surface area contributed by atoms with Gasteiger partial charge in [0.25, 0.3) is 15.9 Å². The van der Waals surface area contributed by atoms with Crippen molar-refractivity contribution in [1.82, 2.24) is 5.43 Å². The van der Waals surface area contributed by atoms with E-state index in [1.165, 1.54) is 24.4 Å². The fourth-order valence-electron chi connectivity index (χ4n) is 3.44. The predicted molar refractivity (Wildman–Crippen MR) is 151 cm³/mol. The molecule has 0 heterocycles. The topological polar surface area (TPSA) is 97.3 Å². The molecular weight excluding hydrogens is 526 g/mol. The molecule has 0 unspecified atom stereocenters. The smallest absolute Gasteiger partial charge is 0.264 e. The minimum atomic E-state index is -4.07. The van der Waals surface area contributed by atoms with Crippen LogP contribution in [0, 0.1) is 13.8 Å². The lowest BCUT2D eigenvalue weighted by atomic mass is 10.2. The highest BCUT2D eigenvalue weighted by molar-refractivity contribution is 7.92. The Labute approximate surface area is 229 Å². The van der Waals surface area contributed by atoms with Crippen LogP contribution in [0.3, 0.4) is 0 Å². The number of amides is 1. The van der Waals surface area contributed by atoms with Crippen molar-refractivity contribution in [3.63, 3.8) is 0 Å². The van der Waals surface area contributed by atoms with E-state index in [0.29, 0.717) is 35.3 Å². The second kappa shape index (κ2) is 13.3. The highest BCUT2D eigenvalue weighted by Crippen LogP contribution is 2.29. The zero-order chi connectivity index (χ0) is 27.7. The molecular formula is C28H32ClN3O5S. The van der Waals surface area contributed by atoms with E-state index in [1.807, 2.05) is 27.7 Å². The molecule has 0 atom stereocenters. The molecule has 0 aliphatic rings. The first-order valence-corrected chi connectivity index (χ1v) is 14.0. The van der Waals surface area contributed by atoms with E-state index in [2.05, 4.69) is 10.5 Å². The number of anilines is 1. The molecule has 10 heteroatoms. The molecule has 0 bridgehead atoms. The third-order valence-corrected chi connectivity index (χ3v) is 7.67. The molecule has 0 radical (unpaired) electrons. The first kappa shape index (κ1) is 29.0.